The van der Waals surface area contributed by atoms with Crippen LogP contribution in [0.1, 0.15) is 25.7 Å². The molecule has 60 valence electrons. The molecular weight excluding hydrogens is 126 g/mol. The topological polar surface area (TPSA) is 23.5 Å². The van der Waals surface area contributed by atoms with Gasteiger partial charge in [0.05, 0.1) is 6.10 Å². The lowest BCUT2D eigenvalue weighted by molar-refractivity contribution is 0.0820. The van der Waals surface area contributed by atoms with E-state index in [1.54, 1.807) is 0 Å². The van der Waals surface area contributed by atoms with Crippen molar-refractivity contribution in [1.82, 2.24) is 4.90 Å². The van der Waals surface area contributed by atoms with E-state index < -0.39 is 0 Å². The molecule has 1 rings (SSSR count). The van der Waals surface area contributed by atoms with Gasteiger partial charge in [0.15, 0.2) is 0 Å². The summed E-state index contributed by atoms with van der Waals surface area (Å²) in [4.78, 5) is 2.21. The number of aliphatic hydroxyl groups excluding tert-OH is 1. The van der Waals surface area contributed by atoms with Gasteiger partial charge in [-0.3, -0.25) is 0 Å². The average molecular weight is 143 g/mol. The largest absolute Gasteiger partial charge is 0.393 e. The molecule has 0 aromatic carbocycles. The third-order valence-corrected chi connectivity index (χ3v) is 2.35. The van der Waals surface area contributed by atoms with Gasteiger partial charge in [-0.1, -0.05) is 0 Å². The first-order chi connectivity index (χ1) is 4.70. The molecule has 0 bridgehead atoms. The SMILES string of the molecule is CN(C)[C@@H]1CCC[C@@H](O)C1. The lowest BCUT2D eigenvalue weighted by atomic mass is 9.92. The summed E-state index contributed by atoms with van der Waals surface area (Å²) in [6.45, 7) is 0. The van der Waals surface area contributed by atoms with E-state index in [9.17, 15) is 5.11 Å². The van der Waals surface area contributed by atoms with E-state index in [-0.39, 0.29) is 6.10 Å². The van der Waals surface area contributed by atoms with E-state index >= 15 is 0 Å². The molecule has 0 amide bonds. The fraction of sp³-hybridized carbons (Fsp3) is 1.00. The van der Waals surface area contributed by atoms with Crippen LogP contribution >= 0.6 is 0 Å². The molecule has 1 N–H and O–H groups in total. The second-order valence-electron chi connectivity index (χ2n) is 3.44. The average Bonchev–Trinajstić information content (AvgIpc) is 1.88. The fourth-order valence-electron chi connectivity index (χ4n) is 1.61. The minimum absolute atomic E-state index is 0.0406. The molecule has 0 spiro atoms. The van der Waals surface area contributed by atoms with Crippen LogP contribution in [-0.4, -0.2) is 36.2 Å². The molecule has 0 saturated heterocycles. The van der Waals surface area contributed by atoms with Gasteiger partial charge in [0.1, 0.15) is 0 Å². The summed E-state index contributed by atoms with van der Waals surface area (Å²) < 4.78 is 0. The maximum Gasteiger partial charge on any atom is 0.0555 e. The lowest BCUT2D eigenvalue weighted by Gasteiger charge is -2.30. The Morgan fingerprint density at radius 2 is 2.00 bits per heavy atom. The van der Waals surface area contributed by atoms with Crippen molar-refractivity contribution in [3.8, 4) is 0 Å². The molecule has 0 aromatic rings. The highest BCUT2D eigenvalue weighted by Gasteiger charge is 2.20. The van der Waals surface area contributed by atoms with Crippen molar-refractivity contribution in [2.45, 2.75) is 37.8 Å². The standard InChI is InChI=1S/C8H17NO/c1-9(2)7-4-3-5-8(10)6-7/h7-8,10H,3-6H2,1-2H3/t7-,8-/m1/s1. The molecule has 1 fully saturated rings. The number of nitrogens with zero attached hydrogens (tertiary/aromatic N) is 1. The summed E-state index contributed by atoms with van der Waals surface area (Å²) in [5.74, 6) is 0. The predicted octanol–water partition coefficient (Wildman–Crippen LogP) is 0.851. The van der Waals surface area contributed by atoms with E-state index in [2.05, 4.69) is 19.0 Å². The normalized spacial score (nSPS) is 34.8. The van der Waals surface area contributed by atoms with Crippen LogP contribution in [0.2, 0.25) is 0 Å². The Bertz CT molecular complexity index is 103. The Morgan fingerprint density at radius 1 is 1.30 bits per heavy atom. The van der Waals surface area contributed by atoms with Crippen LogP contribution in [-0.2, 0) is 0 Å². The molecular formula is C8H17NO. The number of rotatable bonds is 1. The third kappa shape index (κ3) is 1.96. The molecule has 2 heteroatoms. The van der Waals surface area contributed by atoms with Crippen molar-refractivity contribution in [2.24, 2.45) is 0 Å². The Labute approximate surface area is 62.8 Å². The highest BCUT2D eigenvalue weighted by atomic mass is 16.3. The predicted molar refractivity (Wildman–Crippen MR) is 41.9 cm³/mol. The molecule has 1 aliphatic rings. The maximum absolute atomic E-state index is 9.30. The first kappa shape index (κ1) is 8.02. The smallest absolute Gasteiger partial charge is 0.0555 e. The summed E-state index contributed by atoms with van der Waals surface area (Å²) in [5, 5.41) is 9.30. The molecule has 0 unspecified atom stereocenters. The maximum atomic E-state index is 9.30. The van der Waals surface area contributed by atoms with E-state index in [1.165, 1.54) is 12.8 Å². The van der Waals surface area contributed by atoms with E-state index in [0.717, 1.165) is 12.8 Å². The first-order valence-electron chi connectivity index (χ1n) is 4.04. The summed E-state index contributed by atoms with van der Waals surface area (Å²) in [6, 6.07) is 0.615. The Balaban J connectivity index is 2.32. The minimum Gasteiger partial charge on any atom is -0.393 e. The Kier molecular flexibility index (Phi) is 2.69. The van der Waals surface area contributed by atoms with Crippen molar-refractivity contribution in [3.05, 3.63) is 0 Å². The van der Waals surface area contributed by atoms with Gasteiger partial charge in [-0.15, -0.1) is 0 Å². The van der Waals surface area contributed by atoms with Gasteiger partial charge in [0.25, 0.3) is 0 Å². The van der Waals surface area contributed by atoms with Crippen molar-refractivity contribution in [2.75, 3.05) is 14.1 Å². The van der Waals surface area contributed by atoms with Crippen molar-refractivity contribution >= 4 is 0 Å². The van der Waals surface area contributed by atoms with Crippen molar-refractivity contribution < 1.29 is 5.11 Å². The van der Waals surface area contributed by atoms with Gasteiger partial charge in [0.2, 0.25) is 0 Å². The van der Waals surface area contributed by atoms with Gasteiger partial charge >= 0.3 is 0 Å². The van der Waals surface area contributed by atoms with Crippen LogP contribution in [0.4, 0.5) is 0 Å². The van der Waals surface area contributed by atoms with Crippen LogP contribution in [0.15, 0.2) is 0 Å². The van der Waals surface area contributed by atoms with Gasteiger partial charge in [-0.05, 0) is 39.8 Å². The summed E-state index contributed by atoms with van der Waals surface area (Å²) in [5.41, 5.74) is 0. The Morgan fingerprint density at radius 3 is 2.40 bits per heavy atom. The van der Waals surface area contributed by atoms with Gasteiger partial charge in [-0.2, -0.15) is 0 Å². The number of aliphatic hydroxyl groups is 1. The molecule has 0 radical (unpaired) electrons. The zero-order valence-corrected chi connectivity index (χ0v) is 6.88. The van der Waals surface area contributed by atoms with Gasteiger partial charge in [0, 0.05) is 6.04 Å². The summed E-state index contributed by atoms with van der Waals surface area (Å²) >= 11 is 0. The van der Waals surface area contributed by atoms with Crippen LogP contribution in [0.5, 0.6) is 0 Å². The molecule has 1 saturated carbocycles. The van der Waals surface area contributed by atoms with Crippen LogP contribution < -0.4 is 0 Å². The van der Waals surface area contributed by atoms with E-state index in [0.29, 0.717) is 6.04 Å². The molecule has 1 aliphatic carbocycles. The molecule has 0 aliphatic heterocycles. The van der Waals surface area contributed by atoms with E-state index in [1.807, 2.05) is 0 Å². The number of hydrogen-bond donors (Lipinski definition) is 1. The zero-order valence-electron chi connectivity index (χ0n) is 6.88. The molecule has 2 atom stereocenters. The third-order valence-electron chi connectivity index (χ3n) is 2.35. The molecule has 10 heavy (non-hydrogen) atoms. The van der Waals surface area contributed by atoms with E-state index in [4.69, 9.17) is 0 Å². The zero-order chi connectivity index (χ0) is 7.56. The molecule has 2 nitrogen and oxygen atoms in total. The van der Waals surface area contributed by atoms with Crippen LogP contribution in [0, 0.1) is 0 Å². The first-order valence-corrected chi connectivity index (χ1v) is 4.04. The summed E-state index contributed by atoms with van der Waals surface area (Å²) in [7, 11) is 4.17. The monoisotopic (exact) mass is 143 g/mol. The molecule has 0 heterocycles. The fourth-order valence-corrected chi connectivity index (χ4v) is 1.61. The minimum atomic E-state index is -0.0406. The van der Waals surface area contributed by atoms with Gasteiger partial charge < -0.3 is 10.0 Å². The second-order valence-corrected chi connectivity index (χ2v) is 3.44. The van der Waals surface area contributed by atoms with Crippen LogP contribution in [0.3, 0.4) is 0 Å². The highest BCUT2D eigenvalue weighted by Crippen LogP contribution is 2.20. The van der Waals surface area contributed by atoms with Crippen LogP contribution in [0.25, 0.3) is 0 Å². The van der Waals surface area contributed by atoms with Crippen molar-refractivity contribution in [1.29, 1.82) is 0 Å². The van der Waals surface area contributed by atoms with Crippen molar-refractivity contribution in [3.63, 3.8) is 0 Å². The second kappa shape index (κ2) is 3.35. The number of hydrogen-bond acceptors (Lipinski definition) is 2. The lowest BCUT2D eigenvalue weighted by Crippen LogP contribution is -2.34. The molecule has 0 aromatic heterocycles. The van der Waals surface area contributed by atoms with Gasteiger partial charge in [-0.25, -0.2) is 0 Å². The summed E-state index contributed by atoms with van der Waals surface area (Å²) in [6.07, 6.45) is 4.37. The highest BCUT2D eigenvalue weighted by molar-refractivity contribution is 4.76. The quantitative estimate of drug-likeness (QED) is 0.588. The Hall–Kier alpha value is -0.0800.